The standard InChI is InChI=1S/C15H20BrFN2O2/c16-13-6-1-10(9-14(13)17)15(20)19-7-8-21-12-4-2-11(18)3-5-12/h1,6,9,11-12H,2-5,7-8,18H2,(H,19,20). The SMILES string of the molecule is NC1CCC(OCCNC(=O)c2ccc(Br)c(F)c2)CC1. The Morgan fingerprint density at radius 2 is 2.10 bits per heavy atom. The number of carbonyl (C=O) groups is 1. The quantitative estimate of drug-likeness (QED) is 0.795. The Hall–Kier alpha value is -0.980. The van der Waals surface area contributed by atoms with Crippen molar-refractivity contribution < 1.29 is 13.9 Å². The van der Waals surface area contributed by atoms with E-state index in [2.05, 4.69) is 21.2 Å². The lowest BCUT2D eigenvalue weighted by Crippen LogP contribution is -2.33. The van der Waals surface area contributed by atoms with Crippen molar-refractivity contribution in [3.05, 3.63) is 34.1 Å². The van der Waals surface area contributed by atoms with Crippen LogP contribution in [0.2, 0.25) is 0 Å². The molecular weight excluding hydrogens is 339 g/mol. The molecule has 1 aromatic carbocycles. The van der Waals surface area contributed by atoms with E-state index in [0.29, 0.717) is 29.2 Å². The molecule has 0 bridgehead atoms. The third kappa shape index (κ3) is 5.05. The molecule has 0 aliphatic heterocycles. The lowest BCUT2D eigenvalue weighted by Gasteiger charge is -2.26. The van der Waals surface area contributed by atoms with Gasteiger partial charge in [-0.2, -0.15) is 0 Å². The summed E-state index contributed by atoms with van der Waals surface area (Å²) in [5.74, 6) is -0.742. The van der Waals surface area contributed by atoms with Gasteiger partial charge >= 0.3 is 0 Å². The van der Waals surface area contributed by atoms with Gasteiger partial charge in [0.15, 0.2) is 0 Å². The first-order valence-electron chi connectivity index (χ1n) is 7.16. The molecule has 0 atom stereocenters. The fourth-order valence-corrected chi connectivity index (χ4v) is 2.63. The summed E-state index contributed by atoms with van der Waals surface area (Å²) in [6, 6.07) is 4.61. The van der Waals surface area contributed by atoms with Gasteiger partial charge in [0.1, 0.15) is 5.82 Å². The van der Waals surface area contributed by atoms with Crippen LogP contribution in [0.3, 0.4) is 0 Å². The van der Waals surface area contributed by atoms with Crippen LogP contribution in [0, 0.1) is 5.82 Å². The van der Waals surface area contributed by atoms with Crippen LogP contribution in [0.4, 0.5) is 4.39 Å². The van der Waals surface area contributed by atoms with Crippen LogP contribution in [0.1, 0.15) is 36.0 Å². The van der Waals surface area contributed by atoms with Gasteiger partial charge in [0, 0.05) is 18.2 Å². The molecule has 1 aliphatic carbocycles. The lowest BCUT2D eigenvalue weighted by molar-refractivity contribution is 0.0267. The highest BCUT2D eigenvalue weighted by molar-refractivity contribution is 9.10. The fraction of sp³-hybridized carbons (Fsp3) is 0.533. The van der Waals surface area contributed by atoms with Gasteiger partial charge < -0.3 is 15.8 Å². The first kappa shape index (κ1) is 16.4. The maximum Gasteiger partial charge on any atom is 0.251 e. The van der Waals surface area contributed by atoms with E-state index in [1.54, 1.807) is 6.07 Å². The number of halogens is 2. The molecule has 0 aromatic heterocycles. The molecule has 21 heavy (non-hydrogen) atoms. The molecule has 1 aliphatic rings. The molecule has 1 aromatic rings. The number of nitrogens with two attached hydrogens (primary N) is 1. The maximum atomic E-state index is 13.3. The van der Waals surface area contributed by atoms with E-state index in [1.165, 1.54) is 12.1 Å². The Balaban J connectivity index is 1.68. The summed E-state index contributed by atoms with van der Waals surface area (Å²) < 4.78 is 19.4. The molecule has 0 radical (unpaired) electrons. The number of nitrogens with one attached hydrogen (secondary N) is 1. The number of carbonyl (C=O) groups excluding carboxylic acids is 1. The summed E-state index contributed by atoms with van der Waals surface area (Å²) in [4.78, 5) is 11.8. The van der Waals surface area contributed by atoms with Crippen LogP contribution in [-0.2, 0) is 4.74 Å². The van der Waals surface area contributed by atoms with Gasteiger partial charge in [-0.1, -0.05) is 0 Å². The Morgan fingerprint density at radius 3 is 2.76 bits per heavy atom. The summed E-state index contributed by atoms with van der Waals surface area (Å²) in [6.45, 7) is 0.879. The predicted molar refractivity (Wildman–Crippen MR) is 82.6 cm³/mol. The largest absolute Gasteiger partial charge is 0.376 e. The van der Waals surface area contributed by atoms with Crippen LogP contribution in [0.25, 0.3) is 0 Å². The minimum Gasteiger partial charge on any atom is -0.376 e. The smallest absolute Gasteiger partial charge is 0.251 e. The van der Waals surface area contributed by atoms with Crippen molar-refractivity contribution in [3.8, 4) is 0 Å². The zero-order valence-corrected chi connectivity index (χ0v) is 13.4. The second-order valence-electron chi connectivity index (χ2n) is 5.29. The average molecular weight is 359 g/mol. The third-order valence-electron chi connectivity index (χ3n) is 3.64. The van der Waals surface area contributed by atoms with Crippen molar-refractivity contribution >= 4 is 21.8 Å². The van der Waals surface area contributed by atoms with Gasteiger partial charge in [0.25, 0.3) is 5.91 Å². The highest BCUT2D eigenvalue weighted by Crippen LogP contribution is 2.19. The second-order valence-corrected chi connectivity index (χ2v) is 6.15. The van der Waals surface area contributed by atoms with Gasteiger partial charge in [0.05, 0.1) is 17.2 Å². The van der Waals surface area contributed by atoms with E-state index in [-0.39, 0.29) is 12.0 Å². The van der Waals surface area contributed by atoms with Crippen molar-refractivity contribution in [2.75, 3.05) is 13.2 Å². The fourth-order valence-electron chi connectivity index (χ4n) is 2.38. The number of hydrogen-bond donors (Lipinski definition) is 2. The molecule has 0 heterocycles. The molecule has 116 valence electrons. The van der Waals surface area contributed by atoms with Gasteiger partial charge in [-0.25, -0.2) is 4.39 Å². The molecule has 6 heteroatoms. The van der Waals surface area contributed by atoms with Crippen molar-refractivity contribution in [2.45, 2.75) is 37.8 Å². The summed E-state index contributed by atoms with van der Waals surface area (Å²) in [5, 5.41) is 2.72. The van der Waals surface area contributed by atoms with Gasteiger partial charge in [-0.15, -0.1) is 0 Å². The molecule has 0 spiro atoms. The van der Waals surface area contributed by atoms with Crippen LogP contribution in [-0.4, -0.2) is 31.2 Å². The Kier molecular flexibility index (Phi) is 6.14. The first-order valence-corrected chi connectivity index (χ1v) is 7.96. The number of ether oxygens (including phenoxy) is 1. The van der Waals surface area contributed by atoms with E-state index in [0.717, 1.165) is 25.7 Å². The molecule has 1 amide bonds. The molecule has 2 rings (SSSR count). The number of hydrogen-bond acceptors (Lipinski definition) is 3. The minimum atomic E-state index is -0.447. The predicted octanol–water partition coefficient (Wildman–Crippen LogP) is 2.60. The molecular formula is C15H20BrFN2O2. The number of benzene rings is 1. The molecule has 0 saturated heterocycles. The normalized spacial score (nSPS) is 22.0. The molecule has 1 fully saturated rings. The van der Waals surface area contributed by atoms with E-state index < -0.39 is 5.82 Å². The Morgan fingerprint density at radius 1 is 1.38 bits per heavy atom. The van der Waals surface area contributed by atoms with Crippen molar-refractivity contribution in [2.24, 2.45) is 5.73 Å². The van der Waals surface area contributed by atoms with Crippen molar-refractivity contribution in [1.82, 2.24) is 5.32 Å². The summed E-state index contributed by atoms with van der Waals surface area (Å²) in [5.41, 5.74) is 6.14. The molecule has 1 saturated carbocycles. The average Bonchev–Trinajstić information content (AvgIpc) is 2.48. The zero-order valence-electron chi connectivity index (χ0n) is 11.8. The van der Waals surface area contributed by atoms with Gasteiger partial charge in [-0.05, 0) is 59.8 Å². The Labute approximate surface area is 132 Å². The Bertz CT molecular complexity index is 491. The topological polar surface area (TPSA) is 64.3 Å². The zero-order chi connectivity index (χ0) is 15.2. The monoisotopic (exact) mass is 358 g/mol. The molecule has 4 nitrogen and oxygen atoms in total. The number of rotatable bonds is 5. The van der Waals surface area contributed by atoms with Crippen LogP contribution in [0.5, 0.6) is 0 Å². The minimum absolute atomic E-state index is 0.242. The molecule has 0 unspecified atom stereocenters. The van der Waals surface area contributed by atoms with Gasteiger partial charge in [0.2, 0.25) is 0 Å². The van der Waals surface area contributed by atoms with E-state index >= 15 is 0 Å². The first-order chi connectivity index (χ1) is 10.1. The van der Waals surface area contributed by atoms with Crippen molar-refractivity contribution in [3.63, 3.8) is 0 Å². The number of amides is 1. The summed E-state index contributed by atoms with van der Waals surface area (Å²) >= 11 is 3.05. The van der Waals surface area contributed by atoms with E-state index in [9.17, 15) is 9.18 Å². The van der Waals surface area contributed by atoms with Gasteiger partial charge in [-0.3, -0.25) is 4.79 Å². The highest BCUT2D eigenvalue weighted by Gasteiger charge is 2.18. The lowest BCUT2D eigenvalue weighted by atomic mass is 9.94. The summed E-state index contributed by atoms with van der Waals surface area (Å²) in [7, 11) is 0. The van der Waals surface area contributed by atoms with E-state index in [1.807, 2.05) is 0 Å². The van der Waals surface area contributed by atoms with E-state index in [4.69, 9.17) is 10.5 Å². The van der Waals surface area contributed by atoms with Crippen LogP contribution < -0.4 is 11.1 Å². The maximum absolute atomic E-state index is 13.3. The highest BCUT2D eigenvalue weighted by atomic mass is 79.9. The summed E-state index contributed by atoms with van der Waals surface area (Å²) in [6.07, 6.45) is 4.19. The third-order valence-corrected chi connectivity index (χ3v) is 4.28. The van der Waals surface area contributed by atoms with Crippen LogP contribution in [0.15, 0.2) is 22.7 Å². The second kappa shape index (κ2) is 7.87. The van der Waals surface area contributed by atoms with Crippen molar-refractivity contribution in [1.29, 1.82) is 0 Å². The van der Waals surface area contributed by atoms with Crippen LogP contribution >= 0.6 is 15.9 Å². The molecule has 3 N–H and O–H groups in total.